The van der Waals surface area contributed by atoms with Crippen molar-refractivity contribution in [2.75, 3.05) is 12.9 Å². The maximum atomic E-state index is 12.3. The highest BCUT2D eigenvalue weighted by Gasteiger charge is 2.23. The summed E-state index contributed by atoms with van der Waals surface area (Å²) in [5.74, 6) is -0.572. The lowest BCUT2D eigenvalue weighted by Gasteiger charge is -2.11. The van der Waals surface area contributed by atoms with Crippen LogP contribution < -0.4 is 0 Å². The number of aliphatic imine (C=N–C) groups is 2. The van der Waals surface area contributed by atoms with Crippen LogP contribution in [0.5, 0.6) is 0 Å². The topological polar surface area (TPSA) is 87.7 Å². The van der Waals surface area contributed by atoms with E-state index < -0.39 is 5.97 Å². The first kappa shape index (κ1) is 18.4. The van der Waals surface area contributed by atoms with Gasteiger partial charge in [0.2, 0.25) is 0 Å². The van der Waals surface area contributed by atoms with Gasteiger partial charge in [0.25, 0.3) is 0 Å². The molecule has 0 saturated heterocycles. The lowest BCUT2D eigenvalue weighted by molar-refractivity contribution is 0.0526. The Morgan fingerprint density at radius 1 is 1.32 bits per heavy atom. The summed E-state index contributed by atoms with van der Waals surface area (Å²) in [6, 6.07) is 13.8. The predicted octanol–water partition coefficient (Wildman–Crippen LogP) is 4.30. The van der Waals surface area contributed by atoms with Crippen LogP contribution in [0.1, 0.15) is 28.5 Å². The van der Waals surface area contributed by atoms with Gasteiger partial charge in [-0.2, -0.15) is 15.2 Å². The zero-order valence-corrected chi connectivity index (χ0v) is 14.9. The van der Waals surface area contributed by atoms with Gasteiger partial charge in [-0.05, 0) is 32.2 Å². The molecule has 0 bridgehead atoms. The van der Waals surface area contributed by atoms with E-state index in [0.29, 0.717) is 16.4 Å². The number of aryl methyl sites for hydroxylation is 1. The molecule has 1 heterocycles. The largest absolute Gasteiger partial charge is 0.462 e. The molecule has 0 radical (unpaired) electrons. The summed E-state index contributed by atoms with van der Waals surface area (Å²) in [5.41, 5.74) is 1.65. The van der Waals surface area contributed by atoms with Gasteiger partial charge >= 0.3 is 5.97 Å². The SMILES string of the molecule is CCOC(=O)c1c(C)nc(SC)c(C#N)c1N=C=Nc1ccccc1. The van der Waals surface area contributed by atoms with E-state index in [2.05, 4.69) is 27.0 Å². The first-order valence-electron chi connectivity index (χ1n) is 7.49. The lowest BCUT2D eigenvalue weighted by Crippen LogP contribution is -2.10. The summed E-state index contributed by atoms with van der Waals surface area (Å²) in [4.78, 5) is 24.9. The molecule has 0 atom stereocenters. The molecule has 0 aliphatic carbocycles. The Bertz CT molecular complexity index is 882. The highest BCUT2D eigenvalue weighted by atomic mass is 32.2. The van der Waals surface area contributed by atoms with Crippen molar-refractivity contribution in [1.29, 1.82) is 5.26 Å². The highest BCUT2D eigenvalue weighted by Crippen LogP contribution is 2.32. The van der Waals surface area contributed by atoms with Gasteiger partial charge in [-0.1, -0.05) is 18.2 Å². The number of hydrogen-bond donors (Lipinski definition) is 0. The van der Waals surface area contributed by atoms with Crippen molar-refractivity contribution in [2.24, 2.45) is 9.98 Å². The quantitative estimate of drug-likeness (QED) is 0.455. The average Bonchev–Trinajstić information content (AvgIpc) is 2.62. The van der Waals surface area contributed by atoms with Gasteiger partial charge in [-0.3, -0.25) is 0 Å². The summed E-state index contributed by atoms with van der Waals surface area (Å²) in [7, 11) is 0. The second-order valence-electron chi connectivity index (χ2n) is 4.80. The second-order valence-corrected chi connectivity index (χ2v) is 5.59. The Balaban J connectivity index is 2.64. The van der Waals surface area contributed by atoms with Crippen LogP contribution in [0.2, 0.25) is 0 Å². The van der Waals surface area contributed by atoms with E-state index in [1.54, 1.807) is 32.2 Å². The number of pyridine rings is 1. The van der Waals surface area contributed by atoms with Crippen molar-refractivity contribution in [2.45, 2.75) is 18.9 Å². The maximum Gasteiger partial charge on any atom is 0.342 e. The lowest BCUT2D eigenvalue weighted by atomic mass is 10.1. The van der Waals surface area contributed by atoms with Crippen molar-refractivity contribution in [1.82, 2.24) is 4.98 Å². The Hall–Kier alpha value is -2.94. The zero-order valence-electron chi connectivity index (χ0n) is 14.1. The van der Waals surface area contributed by atoms with Crippen LogP contribution in [0.4, 0.5) is 11.4 Å². The summed E-state index contributed by atoms with van der Waals surface area (Å²) in [6.45, 7) is 3.61. The van der Waals surface area contributed by atoms with Crippen molar-refractivity contribution in [3.63, 3.8) is 0 Å². The van der Waals surface area contributed by atoms with Gasteiger partial charge in [0.05, 0.1) is 18.0 Å². The molecular weight excluding hydrogens is 336 g/mol. The summed E-state index contributed by atoms with van der Waals surface area (Å²) in [6.07, 6.45) is 1.80. The number of carbonyl (C=O) groups is 1. The summed E-state index contributed by atoms with van der Waals surface area (Å²) >= 11 is 1.31. The molecule has 0 fully saturated rings. The van der Waals surface area contributed by atoms with E-state index in [-0.39, 0.29) is 23.4 Å². The number of ether oxygens (including phenoxy) is 1. The molecule has 0 N–H and O–H groups in total. The van der Waals surface area contributed by atoms with Crippen LogP contribution in [0.25, 0.3) is 0 Å². The van der Waals surface area contributed by atoms with Gasteiger partial charge in [0.1, 0.15) is 33.9 Å². The van der Waals surface area contributed by atoms with Crippen molar-refractivity contribution >= 4 is 35.1 Å². The van der Waals surface area contributed by atoms with E-state index in [4.69, 9.17) is 4.74 Å². The van der Waals surface area contributed by atoms with E-state index in [0.717, 1.165) is 0 Å². The molecule has 0 saturated carbocycles. The van der Waals surface area contributed by atoms with Gasteiger partial charge < -0.3 is 4.74 Å². The monoisotopic (exact) mass is 352 g/mol. The summed E-state index contributed by atoms with van der Waals surface area (Å²) < 4.78 is 5.07. The van der Waals surface area contributed by atoms with E-state index in [9.17, 15) is 10.1 Å². The fourth-order valence-corrected chi connectivity index (χ4v) is 2.68. The van der Waals surface area contributed by atoms with Gasteiger partial charge in [-0.25, -0.2) is 9.78 Å². The van der Waals surface area contributed by atoms with Gasteiger partial charge in [0, 0.05) is 0 Å². The highest BCUT2D eigenvalue weighted by molar-refractivity contribution is 7.98. The molecule has 6 nitrogen and oxygen atoms in total. The maximum absolute atomic E-state index is 12.3. The zero-order chi connectivity index (χ0) is 18.2. The van der Waals surface area contributed by atoms with E-state index in [1.807, 2.05) is 18.2 Å². The van der Waals surface area contributed by atoms with Gasteiger partial charge in [-0.15, -0.1) is 11.8 Å². The smallest absolute Gasteiger partial charge is 0.342 e. The Morgan fingerprint density at radius 2 is 2.04 bits per heavy atom. The van der Waals surface area contributed by atoms with Crippen molar-refractivity contribution in [3.05, 3.63) is 47.2 Å². The van der Waals surface area contributed by atoms with Crippen molar-refractivity contribution in [3.8, 4) is 6.07 Å². The molecule has 126 valence electrons. The van der Waals surface area contributed by atoms with E-state index in [1.165, 1.54) is 11.8 Å². The van der Waals surface area contributed by atoms with Crippen LogP contribution >= 0.6 is 11.8 Å². The first-order valence-corrected chi connectivity index (χ1v) is 8.72. The molecule has 0 spiro atoms. The fraction of sp³-hybridized carbons (Fsp3) is 0.222. The van der Waals surface area contributed by atoms with Crippen LogP contribution in [0.3, 0.4) is 0 Å². The van der Waals surface area contributed by atoms with Gasteiger partial charge in [0.15, 0.2) is 0 Å². The number of esters is 1. The molecule has 2 rings (SSSR count). The third kappa shape index (κ3) is 4.32. The molecule has 0 amide bonds. The Kier molecular flexibility index (Phi) is 6.47. The Morgan fingerprint density at radius 3 is 2.64 bits per heavy atom. The average molecular weight is 352 g/mol. The van der Waals surface area contributed by atoms with Crippen LogP contribution in [0, 0.1) is 18.3 Å². The molecule has 25 heavy (non-hydrogen) atoms. The van der Waals surface area contributed by atoms with E-state index >= 15 is 0 Å². The molecule has 1 aromatic carbocycles. The molecule has 0 aliphatic rings. The number of hydrogen-bond acceptors (Lipinski definition) is 7. The minimum atomic E-state index is -0.572. The number of thioether (sulfide) groups is 1. The van der Waals surface area contributed by atoms with Crippen LogP contribution in [-0.4, -0.2) is 29.8 Å². The number of carbonyl (C=O) groups excluding carboxylic acids is 1. The standard InChI is InChI=1S/C18H16N4O2S/c1-4-24-18(23)15-12(2)22-17(25-3)14(10-19)16(15)21-11-20-13-8-6-5-7-9-13/h5-9H,4H2,1-3H3. The van der Waals surface area contributed by atoms with Crippen LogP contribution in [0.15, 0.2) is 45.3 Å². The number of benzene rings is 1. The minimum Gasteiger partial charge on any atom is -0.462 e. The fourth-order valence-electron chi connectivity index (χ4n) is 2.10. The number of rotatable bonds is 5. The third-order valence-electron chi connectivity index (χ3n) is 3.20. The number of aromatic nitrogens is 1. The number of nitriles is 1. The molecule has 0 unspecified atom stereocenters. The molecule has 1 aromatic heterocycles. The van der Waals surface area contributed by atoms with Crippen molar-refractivity contribution < 1.29 is 9.53 Å². The Labute approximate surface area is 150 Å². The third-order valence-corrected chi connectivity index (χ3v) is 3.88. The summed E-state index contributed by atoms with van der Waals surface area (Å²) in [5, 5.41) is 9.99. The van der Waals surface area contributed by atoms with Crippen LogP contribution in [-0.2, 0) is 4.74 Å². The first-order chi connectivity index (χ1) is 12.1. The minimum absolute atomic E-state index is 0.159. The molecule has 0 aliphatic heterocycles. The molecular formula is C18H16N4O2S. The number of para-hydroxylation sites is 1. The predicted molar refractivity (Wildman–Crippen MR) is 97.1 cm³/mol. The molecule has 2 aromatic rings. The second kappa shape index (κ2) is 8.78. The normalized spacial score (nSPS) is 9.68. The molecule has 7 heteroatoms. The number of nitrogens with zero attached hydrogens (tertiary/aromatic N) is 4.